The van der Waals surface area contributed by atoms with Crippen LogP contribution >= 0.6 is 11.6 Å². The lowest BCUT2D eigenvalue weighted by molar-refractivity contribution is 0.386. The third-order valence-electron chi connectivity index (χ3n) is 2.98. The fourth-order valence-corrected chi connectivity index (χ4v) is 2.03. The monoisotopic (exact) mass is 297 g/mol. The van der Waals surface area contributed by atoms with Gasteiger partial charge in [0.15, 0.2) is 11.6 Å². The molecule has 1 N–H and O–H groups in total. The van der Waals surface area contributed by atoms with Gasteiger partial charge in [0.25, 0.3) is 0 Å². The number of halogens is 3. The molecular formula is C15H14ClF2NO. The van der Waals surface area contributed by atoms with E-state index >= 15 is 0 Å². The lowest BCUT2D eigenvalue weighted by Crippen LogP contribution is -2.08. The van der Waals surface area contributed by atoms with E-state index in [2.05, 4.69) is 5.32 Å². The second-order valence-electron chi connectivity index (χ2n) is 4.38. The van der Waals surface area contributed by atoms with Crippen molar-refractivity contribution >= 4 is 17.3 Å². The summed E-state index contributed by atoms with van der Waals surface area (Å²) in [5, 5.41) is 3.31. The molecule has 2 rings (SSSR count). The van der Waals surface area contributed by atoms with Crippen molar-refractivity contribution in [2.75, 3.05) is 12.4 Å². The minimum absolute atomic E-state index is 0.179. The van der Waals surface area contributed by atoms with Crippen LogP contribution < -0.4 is 10.1 Å². The fraction of sp³-hybridized carbons (Fsp3) is 0.200. The highest BCUT2D eigenvalue weighted by molar-refractivity contribution is 6.30. The van der Waals surface area contributed by atoms with Crippen molar-refractivity contribution in [3.63, 3.8) is 0 Å². The maximum Gasteiger partial charge on any atom is 0.165 e. The van der Waals surface area contributed by atoms with Gasteiger partial charge in [-0.05, 0) is 42.8 Å². The van der Waals surface area contributed by atoms with Crippen LogP contribution in [-0.2, 0) is 0 Å². The highest BCUT2D eigenvalue weighted by atomic mass is 35.5. The third kappa shape index (κ3) is 3.20. The van der Waals surface area contributed by atoms with Gasteiger partial charge in [0.1, 0.15) is 5.82 Å². The minimum Gasteiger partial charge on any atom is -0.494 e. The van der Waals surface area contributed by atoms with Gasteiger partial charge in [-0.25, -0.2) is 8.78 Å². The second kappa shape index (κ2) is 6.09. The topological polar surface area (TPSA) is 21.3 Å². The molecule has 0 saturated heterocycles. The SMILES string of the molecule is COc1ccc(C(C)Nc2ccc(Cl)cc2F)cc1F. The van der Waals surface area contributed by atoms with Crippen LogP contribution in [0, 0.1) is 11.6 Å². The minimum atomic E-state index is -0.449. The zero-order valence-electron chi connectivity index (χ0n) is 11.1. The Balaban J connectivity index is 2.19. The molecule has 0 aliphatic heterocycles. The smallest absolute Gasteiger partial charge is 0.165 e. The van der Waals surface area contributed by atoms with Crippen molar-refractivity contribution in [1.82, 2.24) is 0 Å². The molecule has 0 aromatic heterocycles. The number of hydrogen-bond donors (Lipinski definition) is 1. The maximum absolute atomic E-state index is 13.7. The molecule has 0 saturated carbocycles. The van der Waals surface area contributed by atoms with Crippen LogP contribution in [0.5, 0.6) is 5.75 Å². The maximum atomic E-state index is 13.7. The molecule has 0 amide bonds. The Bertz CT molecular complexity index is 619. The number of ether oxygens (including phenoxy) is 1. The van der Waals surface area contributed by atoms with E-state index < -0.39 is 11.6 Å². The van der Waals surface area contributed by atoms with E-state index in [-0.39, 0.29) is 11.8 Å². The van der Waals surface area contributed by atoms with Crippen molar-refractivity contribution in [2.24, 2.45) is 0 Å². The van der Waals surface area contributed by atoms with Gasteiger partial charge >= 0.3 is 0 Å². The zero-order valence-corrected chi connectivity index (χ0v) is 11.8. The standard InChI is InChI=1S/C15H14ClF2NO/c1-9(10-3-6-15(20-2)13(18)7-10)19-14-5-4-11(16)8-12(14)17/h3-9,19H,1-2H3. The number of benzene rings is 2. The second-order valence-corrected chi connectivity index (χ2v) is 4.82. The Labute approximate surface area is 121 Å². The highest BCUT2D eigenvalue weighted by Gasteiger charge is 2.11. The average Bonchev–Trinajstić information content (AvgIpc) is 2.41. The van der Waals surface area contributed by atoms with Crippen molar-refractivity contribution in [2.45, 2.75) is 13.0 Å². The van der Waals surface area contributed by atoms with Crippen LogP contribution in [0.4, 0.5) is 14.5 Å². The Hall–Kier alpha value is -1.81. The molecule has 2 nitrogen and oxygen atoms in total. The summed E-state index contributed by atoms with van der Waals surface area (Å²) in [4.78, 5) is 0. The number of methoxy groups -OCH3 is 1. The Morgan fingerprint density at radius 1 is 1.10 bits per heavy atom. The lowest BCUT2D eigenvalue weighted by atomic mass is 10.1. The average molecular weight is 298 g/mol. The molecule has 20 heavy (non-hydrogen) atoms. The first-order valence-electron chi connectivity index (χ1n) is 6.06. The van der Waals surface area contributed by atoms with Crippen molar-refractivity contribution in [3.8, 4) is 5.75 Å². The van der Waals surface area contributed by atoms with E-state index in [1.54, 1.807) is 24.3 Å². The van der Waals surface area contributed by atoms with E-state index in [0.29, 0.717) is 16.3 Å². The summed E-state index contributed by atoms with van der Waals surface area (Å²) in [5.74, 6) is -0.716. The summed E-state index contributed by atoms with van der Waals surface area (Å²) in [5.41, 5.74) is 1.01. The fourth-order valence-electron chi connectivity index (χ4n) is 1.88. The number of rotatable bonds is 4. The summed E-state index contributed by atoms with van der Waals surface area (Å²) in [6, 6.07) is 8.75. The molecule has 0 heterocycles. The van der Waals surface area contributed by atoms with Gasteiger partial charge in [-0.3, -0.25) is 0 Å². The van der Waals surface area contributed by atoms with Gasteiger partial charge in [-0.2, -0.15) is 0 Å². The van der Waals surface area contributed by atoms with Crippen LogP contribution in [0.15, 0.2) is 36.4 Å². The number of hydrogen-bond acceptors (Lipinski definition) is 2. The summed E-state index contributed by atoms with van der Waals surface area (Å²) in [7, 11) is 1.41. The van der Waals surface area contributed by atoms with Crippen LogP contribution in [0.3, 0.4) is 0 Å². The molecule has 2 aromatic carbocycles. The largest absolute Gasteiger partial charge is 0.494 e. The first-order valence-corrected chi connectivity index (χ1v) is 6.44. The Morgan fingerprint density at radius 2 is 1.85 bits per heavy atom. The van der Waals surface area contributed by atoms with Gasteiger partial charge in [0.2, 0.25) is 0 Å². The van der Waals surface area contributed by atoms with E-state index in [0.717, 1.165) is 0 Å². The normalized spacial score (nSPS) is 12.1. The Morgan fingerprint density at radius 3 is 2.45 bits per heavy atom. The molecule has 0 radical (unpaired) electrons. The molecule has 5 heteroatoms. The molecule has 1 unspecified atom stereocenters. The van der Waals surface area contributed by atoms with E-state index in [9.17, 15) is 8.78 Å². The van der Waals surface area contributed by atoms with Crippen molar-refractivity contribution in [1.29, 1.82) is 0 Å². The predicted octanol–water partition coefficient (Wildman–Crippen LogP) is 4.80. The van der Waals surface area contributed by atoms with Crippen LogP contribution in [0.1, 0.15) is 18.5 Å². The molecule has 0 fully saturated rings. The lowest BCUT2D eigenvalue weighted by Gasteiger charge is -2.17. The predicted molar refractivity (Wildman–Crippen MR) is 76.4 cm³/mol. The summed E-state index contributed by atoms with van der Waals surface area (Å²) < 4.78 is 32.2. The zero-order chi connectivity index (χ0) is 14.7. The van der Waals surface area contributed by atoms with Gasteiger partial charge in [-0.1, -0.05) is 17.7 Å². The van der Waals surface area contributed by atoms with Gasteiger partial charge in [0.05, 0.1) is 12.8 Å². The number of anilines is 1. The molecular weight excluding hydrogens is 284 g/mol. The van der Waals surface area contributed by atoms with Gasteiger partial charge in [0, 0.05) is 11.1 Å². The number of nitrogens with one attached hydrogen (secondary N) is 1. The quantitative estimate of drug-likeness (QED) is 0.875. The van der Waals surface area contributed by atoms with Crippen LogP contribution in [0.25, 0.3) is 0 Å². The molecule has 0 bridgehead atoms. The molecule has 0 aliphatic carbocycles. The molecule has 0 spiro atoms. The summed E-state index contributed by atoms with van der Waals surface area (Å²) in [6.45, 7) is 1.81. The van der Waals surface area contributed by atoms with Crippen molar-refractivity contribution < 1.29 is 13.5 Å². The summed E-state index contributed by atoms with van der Waals surface area (Å²) in [6.07, 6.45) is 0. The van der Waals surface area contributed by atoms with Crippen LogP contribution in [-0.4, -0.2) is 7.11 Å². The third-order valence-corrected chi connectivity index (χ3v) is 3.21. The summed E-state index contributed by atoms with van der Waals surface area (Å²) >= 11 is 5.69. The van der Waals surface area contributed by atoms with Crippen LogP contribution in [0.2, 0.25) is 5.02 Å². The Kier molecular flexibility index (Phi) is 4.45. The molecule has 2 aromatic rings. The molecule has 1 atom stereocenters. The first kappa shape index (κ1) is 14.6. The molecule has 106 valence electrons. The van der Waals surface area contributed by atoms with Gasteiger partial charge in [-0.15, -0.1) is 0 Å². The molecule has 0 aliphatic rings. The van der Waals surface area contributed by atoms with E-state index in [1.165, 1.54) is 19.2 Å². The first-order chi connectivity index (χ1) is 9.51. The van der Waals surface area contributed by atoms with E-state index in [1.807, 2.05) is 6.92 Å². The van der Waals surface area contributed by atoms with E-state index in [4.69, 9.17) is 16.3 Å². The highest BCUT2D eigenvalue weighted by Crippen LogP contribution is 2.26. The van der Waals surface area contributed by atoms with Gasteiger partial charge < -0.3 is 10.1 Å². The van der Waals surface area contributed by atoms with Crippen molar-refractivity contribution in [3.05, 3.63) is 58.6 Å².